The Morgan fingerprint density at radius 1 is 1.19 bits per heavy atom. The van der Waals surface area contributed by atoms with Gasteiger partial charge in [0.1, 0.15) is 0 Å². The molecule has 2 rings (SSSR count). The fourth-order valence-corrected chi connectivity index (χ4v) is 4.93. The van der Waals surface area contributed by atoms with Crippen molar-refractivity contribution in [2.24, 2.45) is 11.8 Å². The zero-order chi connectivity index (χ0) is 19.2. The first-order valence-electron chi connectivity index (χ1n) is 9.66. The van der Waals surface area contributed by atoms with E-state index in [1.165, 1.54) is 4.31 Å². The van der Waals surface area contributed by atoms with Gasteiger partial charge in [0.15, 0.2) is 0 Å². The van der Waals surface area contributed by atoms with Gasteiger partial charge in [0.25, 0.3) is 0 Å². The van der Waals surface area contributed by atoms with Crippen molar-refractivity contribution in [2.75, 3.05) is 13.1 Å². The number of amides is 1. The molecule has 5 nitrogen and oxygen atoms in total. The van der Waals surface area contributed by atoms with Gasteiger partial charge < -0.3 is 5.32 Å². The molecule has 0 aliphatic carbocycles. The van der Waals surface area contributed by atoms with Crippen molar-refractivity contribution in [3.05, 3.63) is 30.3 Å². The number of sulfonamides is 1. The lowest BCUT2D eigenvalue weighted by Gasteiger charge is -2.32. The van der Waals surface area contributed by atoms with Crippen LogP contribution in [0.1, 0.15) is 52.9 Å². The summed E-state index contributed by atoms with van der Waals surface area (Å²) in [7, 11) is -3.53. The highest BCUT2D eigenvalue weighted by molar-refractivity contribution is 7.89. The fraction of sp³-hybridized carbons (Fsp3) is 0.650. The van der Waals surface area contributed by atoms with Crippen LogP contribution in [0.2, 0.25) is 0 Å². The summed E-state index contributed by atoms with van der Waals surface area (Å²) in [4.78, 5) is 12.9. The Morgan fingerprint density at radius 3 is 2.54 bits per heavy atom. The fourth-order valence-electron chi connectivity index (χ4n) is 3.38. The quantitative estimate of drug-likeness (QED) is 0.751. The highest BCUT2D eigenvalue weighted by Gasteiger charge is 2.33. The van der Waals surface area contributed by atoms with Gasteiger partial charge >= 0.3 is 0 Å². The van der Waals surface area contributed by atoms with E-state index in [0.717, 1.165) is 25.7 Å². The third-order valence-corrected chi connectivity index (χ3v) is 6.82. The van der Waals surface area contributed by atoms with Gasteiger partial charge in [0.05, 0.1) is 10.8 Å². The zero-order valence-electron chi connectivity index (χ0n) is 16.1. The molecule has 1 aromatic rings. The topological polar surface area (TPSA) is 66.5 Å². The molecule has 0 radical (unpaired) electrons. The second-order valence-electron chi connectivity index (χ2n) is 7.75. The summed E-state index contributed by atoms with van der Waals surface area (Å²) in [5.41, 5.74) is 0. The van der Waals surface area contributed by atoms with Crippen LogP contribution < -0.4 is 5.32 Å². The largest absolute Gasteiger partial charge is 0.353 e. The van der Waals surface area contributed by atoms with Gasteiger partial charge in [0, 0.05) is 19.1 Å². The summed E-state index contributed by atoms with van der Waals surface area (Å²) < 4.78 is 27.0. The molecular formula is C20H32N2O3S. The molecule has 1 saturated heterocycles. The summed E-state index contributed by atoms with van der Waals surface area (Å²) in [5, 5.41) is 3.07. The maximum Gasteiger partial charge on any atom is 0.243 e. The first kappa shape index (κ1) is 20.9. The van der Waals surface area contributed by atoms with E-state index in [0.29, 0.717) is 23.8 Å². The second kappa shape index (κ2) is 9.51. The SMILES string of the molecule is CC(C)CCCC(C)NC(=O)C1CCCN(S(=O)(=O)c2ccccc2)C1. The molecule has 0 spiro atoms. The van der Waals surface area contributed by atoms with E-state index in [2.05, 4.69) is 19.2 Å². The number of hydrogen-bond donors (Lipinski definition) is 1. The highest BCUT2D eigenvalue weighted by Crippen LogP contribution is 2.24. The predicted molar refractivity (Wildman–Crippen MR) is 104 cm³/mol. The maximum absolute atomic E-state index is 12.8. The summed E-state index contributed by atoms with van der Waals surface area (Å²) in [6, 6.07) is 8.58. The van der Waals surface area contributed by atoms with Crippen molar-refractivity contribution >= 4 is 15.9 Å². The van der Waals surface area contributed by atoms with Gasteiger partial charge in [-0.15, -0.1) is 0 Å². The summed E-state index contributed by atoms with van der Waals surface area (Å²) >= 11 is 0. The number of carbonyl (C=O) groups is 1. The van der Waals surface area contributed by atoms with Crippen molar-refractivity contribution in [3.8, 4) is 0 Å². The molecular weight excluding hydrogens is 348 g/mol. The molecule has 0 aromatic heterocycles. The van der Waals surface area contributed by atoms with E-state index in [1.54, 1.807) is 30.3 Å². The average molecular weight is 381 g/mol. The number of rotatable bonds is 8. The Labute approximate surface area is 158 Å². The van der Waals surface area contributed by atoms with Crippen LogP contribution in [-0.4, -0.2) is 37.8 Å². The zero-order valence-corrected chi connectivity index (χ0v) is 17.0. The highest BCUT2D eigenvalue weighted by atomic mass is 32.2. The third kappa shape index (κ3) is 5.81. The third-order valence-electron chi connectivity index (χ3n) is 4.94. The predicted octanol–water partition coefficient (Wildman–Crippen LogP) is 3.42. The normalized spacial score (nSPS) is 20.1. The first-order valence-corrected chi connectivity index (χ1v) is 11.1. The Morgan fingerprint density at radius 2 is 1.88 bits per heavy atom. The first-order chi connectivity index (χ1) is 12.3. The minimum Gasteiger partial charge on any atom is -0.353 e. The molecule has 0 saturated carbocycles. The molecule has 0 bridgehead atoms. The van der Waals surface area contributed by atoms with Gasteiger partial charge in [0.2, 0.25) is 15.9 Å². The van der Waals surface area contributed by atoms with E-state index in [-0.39, 0.29) is 24.4 Å². The lowest BCUT2D eigenvalue weighted by molar-refractivity contribution is -0.126. The molecule has 1 N–H and O–H groups in total. The van der Waals surface area contributed by atoms with Gasteiger partial charge in [-0.1, -0.05) is 44.9 Å². The van der Waals surface area contributed by atoms with E-state index < -0.39 is 10.0 Å². The van der Waals surface area contributed by atoms with Crippen molar-refractivity contribution in [1.82, 2.24) is 9.62 Å². The Bertz CT molecular complexity index is 674. The van der Waals surface area contributed by atoms with Crippen molar-refractivity contribution < 1.29 is 13.2 Å². The molecule has 2 atom stereocenters. The Hall–Kier alpha value is -1.40. The van der Waals surface area contributed by atoms with E-state index in [1.807, 2.05) is 6.92 Å². The van der Waals surface area contributed by atoms with Crippen LogP contribution >= 0.6 is 0 Å². The van der Waals surface area contributed by atoms with Crippen LogP contribution in [-0.2, 0) is 14.8 Å². The maximum atomic E-state index is 12.8. The van der Waals surface area contributed by atoms with Crippen LogP contribution in [0, 0.1) is 11.8 Å². The number of benzene rings is 1. The Kier molecular flexibility index (Phi) is 7.65. The van der Waals surface area contributed by atoms with E-state index in [9.17, 15) is 13.2 Å². The molecule has 146 valence electrons. The number of carbonyl (C=O) groups excluding carboxylic acids is 1. The second-order valence-corrected chi connectivity index (χ2v) is 9.69. The van der Waals surface area contributed by atoms with Crippen LogP contribution in [0.25, 0.3) is 0 Å². The van der Waals surface area contributed by atoms with Gasteiger partial charge in [-0.05, 0) is 44.2 Å². The van der Waals surface area contributed by atoms with Crippen molar-refractivity contribution in [3.63, 3.8) is 0 Å². The minimum atomic E-state index is -3.53. The molecule has 1 aromatic carbocycles. The molecule has 1 fully saturated rings. The lowest BCUT2D eigenvalue weighted by atomic mass is 9.98. The Balaban J connectivity index is 1.92. The van der Waals surface area contributed by atoms with Gasteiger partial charge in [-0.25, -0.2) is 8.42 Å². The molecule has 6 heteroatoms. The van der Waals surface area contributed by atoms with E-state index >= 15 is 0 Å². The van der Waals surface area contributed by atoms with E-state index in [4.69, 9.17) is 0 Å². The molecule has 1 aliphatic heterocycles. The standard InChI is InChI=1S/C20H32N2O3S/c1-16(2)9-7-10-17(3)21-20(23)18-11-8-14-22(15-18)26(24,25)19-12-5-4-6-13-19/h4-6,12-13,16-18H,7-11,14-15H2,1-3H3,(H,21,23). The number of nitrogens with zero attached hydrogens (tertiary/aromatic N) is 1. The number of piperidine rings is 1. The summed E-state index contributed by atoms with van der Waals surface area (Å²) in [5.74, 6) is 0.387. The number of nitrogens with one attached hydrogen (secondary N) is 1. The minimum absolute atomic E-state index is 0.0185. The van der Waals surface area contributed by atoms with Crippen LogP contribution in [0.5, 0.6) is 0 Å². The summed E-state index contributed by atoms with van der Waals surface area (Å²) in [6.07, 6.45) is 4.67. The monoisotopic (exact) mass is 380 g/mol. The van der Waals surface area contributed by atoms with Crippen LogP contribution in [0.4, 0.5) is 0 Å². The lowest BCUT2D eigenvalue weighted by Crippen LogP contribution is -2.47. The molecule has 26 heavy (non-hydrogen) atoms. The van der Waals surface area contributed by atoms with Crippen molar-refractivity contribution in [1.29, 1.82) is 0 Å². The van der Waals surface area contributed by atoms with Gasteiger partial charge in [-0.3, -0.25) is 4.79 Å². The molecule has 2 unspecified atom stereocenters. The van der Waals surface area contributed by atoms with Gasteiger partial charge in [-0.2, -0.15) is 4.31 Å². The molecule has 1 amide bonds. The van der Waals surface area contributed by atoms with Crippen LogP contribution in [0.3, 0.4) is 0 Å². The smallest absolute Gasteiger partial charge is 0.243 e. The molecule has 1 heterocycles. The number of hydrogen-bond acceptors (Lipinski definition) is 3. The van der Waals surface area contributed by atoms with Crippen molar-refractivity contribution in [2.45, 2.75) is 63.8 Å². The average Bonchev–Trinajstić information content (AvgIpc) is 2.62. The summed E-state index contributed by atoms with van der Waals surface area (Å²) in [6.45, 7) is 7.17. The molecule has 1 aliphatic rings. The van der Waals surface area contributed by atoms with Crippen LogP contribution in [0.15, 0.2) is 35.2 Å².